The Morgan fingerprint density at radius 1 is 1.43 bits per heavy atom. The standard InChI is InChI=1S/C12H10F3N3O3/c1-6-4-7(21-17-6)5-18-9(12(13,14)15)3-2-8(10(16)19)11(18)20/h2-4H,5H2,1H3,(H2,16,19). The van der Waals surface area contributed by atoms with Crippen molar-refractivity contribution in [2.45, 2.75) is 19.6 Å². The summed E-state index contributed by atoms with van der Waals surface area (Å²) in [6.45, 7) is 1.08. The number of aromatic nitrogens is 2. The third kappa shape index (κ3) is 2.96. The molecule has 2 rings (SSSR count). The van der Waals surface area contributed by atoms with E-state index in [1.807, 2.05) is 0 Å². The highest BCUT2D eigenvalue weighted by molar-refractivity contribution is 5.92. The van der Waals surface area contributed by atoms with Gasteiger partial charge in [-0.2, -0.15) is 13.2 Å². The Balaban J connectivity index is 2.61. The normalized spacial score (nSPS) is 11.6. The molecule has 0 atom stereocenters. The van der Waals surface area contributed by atoms with Gasteiger partial charge in [0.05, 0.1) is 12.2 Å². The van der Waals surface area contributed by atoms with E-state index in [4.69, 9.17) is 10.3 Å². The second-order valence-electron chi connectivity index (χ2n) is 4.32. The molecule has 0 spiro atoms. The van der Waals surface area contributed by atoms with Gasteiger partial charge in [-0.05, 0) is 19.1 Å². The summed E-state index contributed by atoms with van der Waals surface area (Å²) < 4.78 is 44.0. The number of nitrogens with zero attached hydrogens (tertiary/aromatic N) is 2. The van der Waals surface area contributed by atoms with Crippen LogP contribution in [0.15, 0.2) is 27.5 Å². The van der Waals surface area contributed by atoms with Crippen LogP contribution in [0.3, 0.4) is 0 Å². The number of pyridine rings is 1. The predicted molar refractivity (Wildman–Crippen MR) is 64.6 cm³/mol. The summed E-state index contributed by atoms with van der Waals surface area (Å²) in [5, 5.41) is 3.53. The largest absolute Gasteiger partial charge is 0.431 e. The van der Waals surface area contributed by atoms with Crippen LogP contribution in [-0.4, -0.2) is 15.6 Å². The monoisotopic (exact) mass is 301 g/mol. The van der Waals surface area contributed by atoms with Crippen LogP contribution in [0.4, 0.5) is 13.2 Å². The fourth-order valence-electron chi connectivity index (χ4n) is 1.82. The van der Waals surface area contributed by atoms with E-state index in [0.29, 0.717) is 16.3 Å². The minimum atomic E-state index is -4.76. The summed E-state index contributed by atoms with van der Waals surface area (Å²) in [5.41, 5.74) is 2.56. The molecule has 0 aliphatic carbocycles. The molecule has 0 fully saturated rings. The second-order valence-corrected chi connectivity index (χ2v) is 4.32. The van der Waals surface area contributed by atoms with Crippen LogP contribution < -0.4 is 11.3 Å². The SMILES string of the molecule is Cc1cc(Cn2c(C(F)(F)F)ccc(C(N)=O)c2=O)on1. The van der Waals surface area contributed by atoms with Crippen molar-refractivity contribution in [3.05, 3.63) is 51.3 Å². The number of carbonyl (C=O) groups is 1. The zero-order chi connectivity index (χ0) is 15.8. The van der Waals surface area contributed by atoms with E-state index < -0.39 is 35.4 Å². The lowest BCUT2D eigenvalue weighted by atomic mass is 10.2. The Hall–Kier alpha value is -2.58. The van der Waals surface area contributed by atoms with Crippen molar-refractivity contribution in [3.8, 4) is 0 Å². The van der Waals surface area contributed by atoms with Gasteiger partial charge < -0.3 is 10.3 Å². The van der Waals surface area contributed by atoms with Crippen LogP contribution in [0.2, 0.25) is 0 Å². The highest BCUT2D eigenvalue weighted by atomic mass is 19.4. The van der Waals surface area contributed by atoms with Gasteiger partial charge in [-0.15, -0.1) is 0 Å². The maximum absolute atomic E-state index is 12.9. The minimum absolute atomic E-state index is 0.0571. The molecule has 2 N–H and O–H groups in total. The molecule has 9 heteroatoms. The molecule has 0 saturated heterocycles. The molecular formula is C12H10F3N3O3. The van der Waals surface area contributed by atoms with Gasteiger partial charge in [0, 0.05) is 6.07 Å². The molecule has 2 aromatic heterocycles. The summed E-state index contributed by atoms with van der Waals surface area (Å²) in [6.07, 6.45) is -4.76. The van der Waals surface area contributed by atoms with Crippen molar-refractivity contribution < 1.29 is 22.5 Å². The van der Waals surface area contributed by atoms with Crippen molar-refractivity contribution >= 4 is 5.91 Å². The third-order valence-corrected chi connectivity index (χ3v) is 2.72. The zero-order valence-corrected chi connectivity index (χ0v) is 10.8. The molecule has 0 saturated carbocycles. The van der Waals surface area contributed by atoms with Gasteiger partial charge in [-0.3, -0.25) is 14.2 Å². The Kier molecular flexibility index (Phi) is 3.58. The van der Waals surface area contributed by atoms with Crippen molar-refractivity contribution in [1.29, 1.82) is 0 Å². The van der Waals surface area contributed by atoms with Gasteiger partial charge in [-0.25, -0.2) is 0 Å². The summed E-state index contributed by atoms with van der Waals surface area (Å²) in [7, 11) is 0. The lowest BCUT2D eigenvalue weighted by molar-refractivity contribution is -0.144. The Bertz CT molecular complexity index is 746. The number of amides is 1. The Labute approximate surface area is 116 Å². The molecule has 0 unspecified atom stereocenters. The highest BCUT2D eigenvalue weighted by Crippen LogP contribution is 2.28. The van der Waals surface area contributed by atoms with Crippen molar-refractivity contribution in [1.82, 2.24) is 9.72 Å². The molecular weight excluding hydrogens is 291 g/mol. The van der Waals surface area contributed by atoms with Crippen molar-refractivity contribution in [3.63, 3.8) is 0 Å². The number of primary amides is 1. The summed E-state index contributed by atoms with van der Waals surface area (Å²) in [4.78, 5) is 23.1. The van der Waals surface area contributed by atoms with Gasteiger partial charge in [0.2, 0.25) is 0 Å². The first-order valence-corrected chi connectivity index (χ1v) is 5.73. The summed E-state index contributed by atoms with van der Waals surface area (Å²) in [5.74, 6) is -1.04. The average Bonchev–Trinajstić information content (AvgIpc) is 2.75. The predicted octanol–water partition coefficient (Wildman–Crippen LogP) is 1.31. The van der Waals surface area contributed by atoms with Crippen LogP contribution >= 0.6 is 0 Å². The highest BCUT2D eigenvalue weighted by Gasteiger charge is 2.35. The van der Waals surface area contributed by atoms with Crippen LogP contribution in [0, 0.1) is 6.92 Å². The zero-order valence-electron chi connectivity index (χ0n) is 10.8. The Morgan fingerprint density at radius 2 is 2.10 bits per heavy atom. The van der Waals surface area contributed by atoms with E-state index in [-0.39, 0.29) is 5.76 Å². The second kappa shape index (κ2) is 5.08. The van der Waals surface area contributed by atoms with Crippen LogP contribution in [-0.2, 0) is 12.7 Å². The topological polar surface area (TPSA) is 91.1 Å². The number of rotatable bonds is 3. The lowest BCUT2D eigenvalue weighted by Crippen LogP contribution is -2.34. The molecule has 0 radical (unpaired) electrons. The Morgan fingerprint density at radius 3 is 2.57 bits per heavy atom. The van der Waals surface area contributed by atoms with Gasteiger partial charge in [0.25, 0.3) is 11.5 Å². The fraction of sp³-hybridized carbons (Fsp3) is 0.250. The van der Waals surface area contributed by atoms with Crippen molar-refractivity contribution in [2.75, 3.05) is 0 Å². The van der Waals surface area contributed by atoms with Crippen molar-refractivity contribution in [2.24, 2.45) is 5.73 Å². The number of halogens is 3. The van der Waals surface area contributed by atoms with E-state index in [9.17, 15) is 22.8 Å². The first-order valence-electron chi connectivity index (χ1n) is 5.73. The van der Waals surface area contributed by atoms with Gasteiger partial charge in [-0.1, -0.05) is 5.16 Å². The van der Waals surface area contributed by atoms with Crippen LogP contribution in [0.25, 0.3) is 0 Å². The number of hydrogen-bond donors (Lipinski definition) is 1. The van der Waals surface area contributed by atoms with Crippen LogP contribution in [0.1, 0.15) is 27.5 Å². The molecule has 21 heavy (non-hydrogen) atoms. The molecule has 112 valence electrons. The first kappa shape index (κ1) is 14.8. The molecule has 2 heterocycles. The van der Waals surface area contributed by atoms with E-state index >= 15 is 0 Å². The maximum Gasteiger partial charge on any atom is 0.431 e. The molecule has 1 amide bonds. The molecule has 0 aromatic carbocycles. The van der Waals surface area contributed by atoms with E-state index in [0.717, 1.165) is 6.07 Å². The molecule has 0 aliphatic heterocycles. The molecule has 2 aromatic rings. The lowest BCUT2D eigenvalue weighted by Gasteiger charge is -2.14. The fourth-order valence-corrected chi connectivity index (χ4v) is 1.82. The van der Waals surface area contributed by atoms with E-state index in [1.165, 1.54) is 6.07 Å². The third-order valence-electron chi connectivity index (χ3n) is 2.72. The van der Waals surface area contributed by atoms with E-state index in [2.05, 4.69) is 5.16 Å². The van der Waals surface area contributed by atoms with E-state index in [1.54, 1.807) is 6.92 Å². The van der Waals surface area contributed by atoms with Crippen LogP contribution in [0.5, 0.6) is 0 Å². The number of alkyl halides is 3. The maximum atomic E-state index is 12.9. The van der Waals surface area contributed by atoms with Gasteiger partial charge in [0.15, 0.2) is 5.76 Å². The summed E-state index contributed by atoms with van der Waals surface area (Å²) >= 11 is 0. The number of nitrogens with two attached hydrogens (primary N) is 1. The molecule has 6 nitrogen and oxygen atoms in total. The first-order chi connectivity index (χ1) is 9.70. The van der Waals surface area contributed by atoms with Gasteiger partial charge in [0.1, 0.15) is 11.3 Å². The minimum Gasteiger partial charge on any atom is -0.365 e. The number of carbonyl (C=O) groups excluding carboxylic acids is 1. The number of aryl methyl sites for hydroxylation is 1. The summed E-state index contributed by atoms with van der Waals surface area (Å²) in [6, 6.07) is 2.78. The average molecular weight is 301 g/mol. The quantitative estimate of drug-likeness (QED) is 0.925. The molecule has 0 bridgehead atoms. The molecule has 0 aliphatic rings. The van der Waals surface area contributed by atoms with Gasteiger partial charge >= 0.3 is 6.18 Å². The number of hydrogen-bond acceptors (Lipinski definition) is 4. The smallest absolute Gasteiger partial charge is 0.365 e.